The molecule has 0 radical (unpaired) electrons. The van der Waals surface area contributed by atoms with Crippen LogP contribution in [0.25, 0.3) is 10.9 Å². The Labute approximate surface area is 147 Å². The van der Waals surface area contributed by atoms with E-state index in [1.165, 1.54) is 22.2 Å². The Balaban J connectivity index is 1.32. The number of H-pyrrole nitrogens is 1. The zero-order valence-corrected chi connectivity index (χ0v) is 14.2. The van der Waals surface area contributed by atoms with Crippen LogP contribution in [0.3, 0.4) is 0 Å². The average molecular weight is 334 g/mol. The summed E-state index contributed by atoms with van der Waals surface area (Å²) in [5.41, 5.74) is 3.78. The number of amides is 1. The molecule has 2 aliphatic heterocycles. The summed E-state index contributed by atoms with van der Waals surface area (Å²) in [5.74, 6) is 0.215. The average Bonchev–Trinajstić information content (AvgIpc) is 3.30. The molecule has 2 bridgehead atoms. The number of rotatable bonds is 2. The van der Waals surface area contributed by atoms with Crippen molar-refractivity contribution < 1.29 is 4.79 Å². The van der Waals surface area contributed by atoms with Crippen LogP contribution in [0.15, 0.2) is 24.3 Å². The van der Waals surface area contributed by atoms with Crippen LogP contribution in [0.4, 0.5) is 0 Å². The highest BCUT2D eigenvalue weighted by molar-refractivity contribution is 5.87. The van der Waals surface area contributed by atoms with Crippen LogP contribution in [0.2, 0.25) is 0 Å². The van der Waals surface area contributed by atoms with Crippen molar-refractivity contribution in [2.45, 2.75) is 56.7 Å². The van der Waals surface area contributed by atoms with Crippen LogP contribution in [0, 0.1) is 17.4 Å². The minimum absolute atomic E-state index is 0.0429. The van der Waals surface area contributed by atoms with Crippen molar-refractivity contribution in [3.63, 3.8) is 0 Å². The lowest BCUT2D eigenvalue weighted by Gasteiger charge is -2.27. The van der Waals surface area contributed by atoms with E-state index >= 15 is 0 Å². The first-order valence-corrected chi connectivity index (χ1v) is 9.31. The van der Waals surface area contributed by atoms with Crippen LogP contribution >= 0.6 is 0 Å². The summed E-state index contributed by atoms with van der Waals surface area (Å²) in [5, 5.41) is 13.8. The lowest BCUT2D eigenvalue weighted by Crippen LogP contribution is -2.46. The van der Waals surface area contributed by atoms with E-state index in [0.717, 1.165) is 38.5 Å². The molecule has 2 saturated heterocycles. The van der Waals surface area contributed by atoms with Crippen LogP contribution in [-0.4, -0.2) is 33.9 Å². The van der Waals surface area contributed by atoms with E-state index in [1.807, 2.05) is 11.0 Å². The fourth-order valence-corrected chi connectivity index (χ4v) is 5.19. The molecule has 3 heterocycles. The predicted octanol–water partition coefficient (Wildman–Crippen LogP) is 2.48. The van der Waals surface area contributed by atoms with Gasteiger partial charge in [-0.2, -0.15) is 5.26 Å². The Morgan fingerprint density at radius 2 is 2.16 bits per heavy atom. The van der Waals surface area contributed by atoms with Gasteiger partial charge in [0.1, 0.15) is 0 Å². The predicted molar refractivity (Wildman–Crippen MR) is 94.6 cm³/mol. The molecule has 128 valence electrons. The normalized spacial score (nSPS) is 30.3. The largest absolute Gasteiger partial charge is 0.358 e. The monoisotopic (exact) mass is 334 g/mol. The van der Waals surface area contributed by atoms with E-state index in [-0.39, 0.29) is 23.9 Å². The number of para-hydroxylation sites is 1. The number of nitrogens with zero attached hydrogens (tertiary/aromatic N) is 2. The molecule has 2 fully saturated rings. The molecule has 5 heteroatoms. The van der Waals surface area contributed by atoms with Gasteiger partial charge in [-0.05, 0) is 50.2 Å². The Kier molecular flexibility index (Phi) is 3.27. The topological polar surface area (TPSA) is 71.9 Å². The first kappa shape index (κ1) is 14.8. The number of benzene rings is 1. The lowest BCUT2D eigenvalue weighted by atomic mass is 9.85. The van der Waals surface area contributed by atoms with Crippen LogP contribution in [0.5, 0.6) is 0 Å². The fourth-order valence-electron chi connectivity index (χ4n) is 5.19. The van der Waals surface area contributed by atoms with Crippen molar-refractivity contribution in [2.24, 2.45) is 5.92 Å². The molecular formula is C20H22N4O. The van der Waals surface area contributed by atoms with Gasteiger partial charge in [-0.3, -0.25) is 4.79 Å². The number of hydrogen-bond acceptors (Lipinski definition) is 3. The van der Waals surface area contributed by atoms with Crippen molar-refractivity contribution in [1.29, 1.82) is 5.26 Å². The number of carbonyl (C=O) groups is 1. The number of aromatic nitrogens is 1. The lowest BCUT2D eigenvalue weighted by molar-refractivity contribution is -0.126. The zero-order chi connectivity index (χ0) is 17.0. The van der Waals surface area contributed by atoms with Gasteiger partial charge in [0.15, 0.2) is 6.19 Å². The van der Waals surface area contributed by atoms with Gasteiger partial charge in [0.05, 0.1) is 12.1 Å². The first-order chi connectivity index (χ1) is 12.2. The minimum atomic E-state index is 0.0429. The molecule has 3 aliphatic rings. The van der Waals surface area contributed by atoms with Crippen LogP contribution in [-0.2, 0) is 17.6 Å². The van der Waals surface area contributed by atoms with Crippen LogP contribution in [0.1, 0.15) is 36.9 Å². The van der Waals surface area contributed by atoms with Gasteiger partial charge in [-0.15, -0.1) is 0 Å². The second-order valence-electron chi connectivity index (χ2n) is 7.72. The number of aromatic amines is 1. The standard InChI is InChI=1S/C20H22N4O/c21-11-24-13-6-8-19(24)18(10-13)23-20(25)12-5-7-17-15(9-12)14-3-1-2-4-16(14)22-17/h1-4,12-13,18-19,22H,5-10H2,(H,23,25)/t12-,13+,18-,19-/m1/s1. The summed E-state index contributed by atoms with van der Waals surface area (Å²) in [6, 6.07) is 9.06. The molecule has 0 saturated carbocycles. The van der Waals surface area contributed by atoms with Crippen molar-refractivity contribution in [2.75, 3.05) is 0 Å². The Hall–Kier alpha value is -2.48. The van der Waals surface area contributed by atoms with Gasteiger partial charge >= 0.3 is 0 Å². The van der Waals surface area contributed by atoms with Gasteiger partial charge < -0.3 is 15.2 Å². The number of nitrogens with one attached hydrogen (secondary N) is 2. The number of aryl methyl sites for hydroxylation is 1. The first-order valence-electron chi connectivity index (χ1n) is 9.31. The Morgan fingerprint density at radius 1 is 1.28 bits per heavy atom. The second kappa shape index (κ2) is 5.52. The van der Waals surface area contributed by atoms with Gasteiger partial charge in [0.25, 0.3) is 0 Å². The molecule has 5 rings (SSSR count). The summed E-state index contributed by atoms with van der Waals surface area (Å²) in [6.45, 7) is 0. The number of fused-ring (bicyclic) bond motifs is 5. The SMILES string of the molecule is N#CN1[C@H]2CC[C@@H]1[C@H](NC(=O)[C@@H]1CCc3[nH]c4ccccc4c3C1)C2. The van der Waals surface area contributed by atoms with Gasteiger partial charge in [0.2, 0.25) is 5.91 Å². The molecule has 1 amide bonds. The van der Waals surface area contributed by atoms with Crippen molar-refractivity contribution in [3.05, 3.63) is 35.5 Å². The third kappa shape index (κ3) is 2.24. The Bertz CT molecular complexity index is 879. The molecule has 1 aliphatic carbocycles. The highest BCUT2D eigenvalue weighted by Crippen LogP contribution is 2.37. The van der Waals surface area contributed by atoms with E-state index in [1.54, 1.807) is 0 Å². The highest BCUT2D eigenvalue weighted by Gasteiger charge is 2.47. The minimum Gasteiger partial charge on any atom is -0.358 e. The number of carbonyl (C=O) groups excluding carboxylic acids is 1. The molecule has 5 nitrogen and oxygen atoms in total. The maximum Gasteiger partial charge on any atom is 0.223 e. The fraction of sp³-hybridized carbons (Fsp3) is 0.500. The molecule has 0 unspecified atom stereocenters. The molecule has 4 atom stereocenters. The molecule has 1 aromatic carbocycles. The molecule has 0 spiro atoms. The Morgan fingerprint density at radius 3 is 3.00 bits per heavy atom. The molecule has 2 N–H and O–H groups in total. The summed E-state index contributed by atoms with van der Waals surface area (Å²) >= 11 is 0. The van der Waals surface area contributed by atoms with Gasteiger partial charge in [0, 0.05) is 28.6 Å². The van der Waals surface area contributed by atoms with Gasteiger partial charge in [-0.25, -0.2) is 0 Å². The molecular weight excluding hydrogens is 312 g/mol. The summed E-state index contributed by atoms with van der Waals surface area (Å²) in [7, 11) is 0. The van der Waals surface area contributed by atoms with Crippen molar-refractivity contribution >= 4 is 16.8 Å². The highest BCUT2D eigenvalue weighted by atomic mass is 16.2. The summed E-state index contributed by atoms with van der Waals surface area (Å²) < 4.78 is 0. The third-order valence-corrected chi connectivity index (χ3v) is 6.45. The number of hydrogen-bond donors (Lipinski definition) is 2. The van der Waals surface area contributed by atoms with E-state index in [4.69, 9.17) is 0 Å². The van der Waals surface area contributed by atoms with Crippen molar-refractivity contribution in [1.82, 2.24) is 15.2 Å². The number of nitriles is 1. The van der Waals surface area contributed by atoms with E-state index in [9.17, 15) is 10.1 Å². The molecule has 2 aromatic rings. The molecule has 25 heavy (non-hydrogen) atoms. The maximum atomic E-state index is 12.9. The summed E-state index contributed by atoms with van der Waals surface area (Å²) in [4.78, 5) is 18.3. The van der Waals surface area contributed by atoms with Gasteiger partial charge in [-0.1, -0.05) is 18.2 Å². The third-order valence-electron chi connectivity index (χ3n) is 6.45. The van der Waals surface area contributed by atoms with Crippen LogP contribution < -0.4 is 5.32 Å². The smallest absolute Gasteiger partial charge is 0.223 e. The van der Waals surface area contributed by atoms with Crippen molar-refractivity contribution in [3.8, 4) is 6.19 Å². The second-order valence-corrected chi connectivity index (χ2v) is 7.72. The zero-order valence-electron chi connectivity index (χ0n) is 14.2. The molecule has 1 aromatic heterocycles. The quantitative estimate of drug-likeness (QED) is 0.829. The maximum absolute atomic E-state index is 12.9. The van der Waals surface area contributed by atoms with E-state index in [0.29, 0.717) is 6.04 Å². The summed E-state index contributed by atoms with van der Waals surface area (Å²) in [6.07, 6.45) is 8.00. The van der Waals surface area contributed by atoms with E-state index in [2.05, 4.69) is 34.7 Å². The van der Waals surface area contributed by atoms with E-state index < -0.39 is 0 Å².